The highest BCUT2D eigenvalue weighted by molar-refractivity contribution is 7.80. The summed E-state index contributed by atoms with van der Waals surface area (Å²) in [6, 6.07) is 0.644. The van der Waals surface area contributed by atoms with Crippen molar-refractivity contribution in [1.29, 1.82) is 0 Å². The van der Waals surface area contributed by atoms with E-state index in [-0.39, 0.29) is 0 Å². The average molecular weight is 217 g/mol. The molecule has 0 N–H and O–H groups in total. The van der Waals surface area contributed by atoms with Crippen LogP contribution in [0.5, 0.6) is 0 Å². The van der Waals surface area contributed by atoms with E-state index in [1.54, 1.807) is 0 Å². The fraction of sp³-hybridized carbons (Fsp3) is 1.00. The summed E-state index contributed by atoms with van der Waals surface area (Å²) in [5, 5.41) is 0. The lowest BCUT2D eigenvalue weighted by Gasteiger charge is -2.26. The second kappa shape index (κ2) is 6.70. The van der Waals surface area contributed by atoms with Crippen LogP contribution in [0.2, 0.25) is 0 Å². The molecule has 1 fully saturated rings. The zero-order valence-electron chi connectivity index (χ0n) is 9.41. The maximum atomic E-state index is 5.56. The van der Waals surface area contributed by atoms with Crippen molar-refractivity contribution >= 4 is 12.6 Å². The van der Waals surface area contributed by atoms with Gasteiger partial charge in [-0.2, -0.15) is 12.6 Å². The minimum atomic E-state index is 0.421. The second-order valence-electron chi connectivity index (χ2n) is 4.20. The van der Waals surface area contributed by atoms with Gasteiger partial charge in [-0.3, -0.25) is 0 Å². The van der Waals surface area contributed by atoms with Gasteiger partial charge in [-0.05, 0) is 45.5 Å². The maximum Gasteiger partial charge on any atom is 0.0702 e. The predicted molar refractivity (Wildman–Crippen MR) is 64.2 cm³/mol. The maximum absolute atomic E-state index is 5.56. The van der Waals surface area contributed by atoms with E-state index in [1.807, 2.05) is 0 Å². The van der Waals surface area contributed by atoms with Gasteiger partial charge < -0.3 is 9.64 Å². The van der Waals surface area contributed by atoms with Crippen LogP contribution in [0, 0.1) is 0 Å². The van der Waals surface area contributed by atoms with E-state index in [1.165, 1.54) is 32.2 Å². The van der Waals surface area contributed by atoms with Crippen LogP contribution in [-0.4, -0.2) is 43.0 Å². The molecule has 0 bridgehead atoms. The lowest BCUT2D eigenvalue weighted by molar-refractivity contribution is 0.0832. The Kier molecular flexibility index (Phi) is 5.90. The third-order valence-corrected chi connectivity index (χ3v) is 3.39. The number of likely N-dealkylation sites (N-methyl/N-ethyl adjacent to an activating group) is 1. The van der Waals surface area contributed by atoms with E-state index >= 15 is 0 Å². The summed E-state index contributed by atoms with van der Waals surface area (Å²) in [5.41, 5.74) is 0. The first-order valence-corrected chi connectivity index (χ1v) is 6.31. The summed E-state index contributed by atoms with van der Waals surface area (Å²) >= 11 is 4.21. The number of unbranched alkanes of at least 4 members (excludes halogenated alkanes) is 2. The zero-order valence-corrected chi connectivity index (χ0v) is 10.3. The van der Waals surface area contributed by atoms with Crippen molar-refractivity contribution in [3.63, 3.8) is 0 Å². The number of hydrogen-bond acceptors (Lipinski definition) is 3. The van der Waals surface area contributed by atoms with E-state index in [0.717, 1.165) is 12.4 Å². The van der Waals surface area contributed by atoms with Crippen LogP contribution in [0.4, 0.5) is 0 Å². The average Bonchev–Trinajstić information content (AvgIpc) is 2.59. The molecule has 0 radical (unpaired) electrons. The zero-order chi connectivity index (χ0) is 10.4. The fourth-order valence-electron chi connectivity index (χ4n) is 2.11. The molecular formula is C11H23NOS. The molecule has 2 unspecified atom stereocenters. The quantitative estimate of drug-likeness (QED) is 0.541. The molecule has 2 atom stereocenters. The Labute approximate surface area is 93.4 Å². The summed E-state index contributed by atoms with van der Waals surface area (Å²) in [7, 11) is 2.22. The Bertz CT molecular complexity index is 154. The van der Waals surface area contributed by atoms with Gasteiger partial charge in [-0.25, -0.2) is 0 Å². The molecule has 3 heteroatoms. The van der Waals surface area contributed by atoms with E-state index in [4.69, 9.17) is 4.74 Å². The molecule has 0 amide bonds. The lowest BCUT2D eigenvalue weighted by Crippen LogP contribution is -2.37. The first-order valence-electron chi connectivity index (χ1n) is 5.68. The Morgan fingerprint density at radius 3 is 2.71 bits per heavy atom. The van der Waals surface area contributed by atoms with Crippen LogP contribution in [0.15, 0.2) is 0 Å². The molecule has 84 valence electrons. The lowest BCUT2D eigenvalue weighted by atomic mass is 10.1. The monoisotopic (exact) mass is 217 g/mol. The summed E-state index contributed by atoms with van der Waals surface area (Å²) in [6.45, 7) is 4.32. The minimum Gasteiger partial charge on any atom is -0.377 e. The van der Waals surface area contributed by atoms with E-state index in [9.17, 15) is 0 Å². The van der Waals surface area contributed by atoms with Gasteiger partial charge in [0, 0.05) is 12.6 Å². The third kappa shape index (κ3) is 3.79. The highest BCUT2D eigenvalue weighted by Gasteiger charge is 2.27. The summed E-state index contributed by atoms with van der Waals surface area (Å²) < 4.78 is 5.56. The van der Waals surface area contributed by atoms with Crippen molar-refractivity contribution in [1.82, 2.24) is 4.90 Å². The van der Waals surface area contributed by atoms with E-state index < -0.39 is 0 Å². The predicted octanol–water partition coefficient (Wildman–Crippen LogP) is 2.20. The van der Waals surface area contributed by atoms with Crippen LogP contribution < -0.4 is 0 Å². The largest absolute Gasteiger partial charge is 0.377 e. The van der Waals surface area contributed by atoms with Gasteiger partial charge in [-0.15, -0.1) is 0 Å². The molecule has 1 saturated heterocycles. The Hall–Kier alpha value is 0.270. The fourth-order valence-corrected chi connectivity index (χ4v) is 2.34. The topological polar surface area (TPSA) is 12.5 Å². The molecular weight excluding hydrogens is 194 g/mol. The molecule has 2 nitrogen and oxygen atoms in total. The molecule has 14 heavy (non-hydrogen) atoms. The summed E-state index contributed by atoms with van der Waals surface area (Å²) in [5.74, 6) is 1.02. The van der Waals surface area contributed by atoms with Gasteiger partial charge in [0.2, 0.25) is 0 Å². The Morgan fingerprint density at radius 2 is 2.14 bits per heavy atom. The first kappa shape index (κ1) is 12.3. The molecule has 0 aliphatic carbocycles. The van der Waals surface area contributed by atoms with Crippen molar-refractivity contribution < 1.29 is 4.74 Å². The molecule has 0 spiro atoms. The van der Waals surface area contributed by atoms with Crippen LogP contribution in [0.25, 0.3) is 0 Å². The molecule has 0 aromatic heterocycles. The minimum absolute atomic E-state index is 0.421. The summed E-state index contributed by atoms with van der Waals surface area (Å²) in [6.07, 6.45) is 5.46. The second-order valence-corrected chi connectivity index (χ2v) is 4.64. The van der Waals surface area contributed by atoms with Crippen molar-refractivity contribution in [3.8, 4) is 0 Å². The van der Waals surface area contributed by atoms with Crippen LogP contribution in [0.1, 0.15) is 32.6 Å². The van der Waals surface area contributed by atoms with Crippen molar-refractivity contribution in [2.24, 2.45) is 0 Å². The van der Waals surface area contributed by atoms with Gasteiger partial charge in [-0.1, -0.05) is 6.42 Å². The number of hydrogen-bond donors (Lipinski definition) is 1. The SMILES string of the molecule is CC1OCCC1N(C)CCCCCS. The molecule has 1 rings (SSSR count). The summed E-state index contributed by atoms with van der Waals surface area (Å²) in [4.78, 5) is 2.45. The molecule has 0 saturated carbocycles. The molecule has 0 aromatic carbocycles. The van der Waals surface area contributed by atoms with Gasteiger partial charge >= 0.3 is 0 Å². The van der Waals surface area contributed by atoms with Crippen molar-refractivity contribution in [2.75, 3.05) is 26.0 Å². The number of rotatable bonds is 6. The normalized spacial score (nSPS) is 27.4. The number of nitrogens with zero attached hydrogens (tertiary/aromatic N) is 1. The van der Waals surface area contributed by atoms with Crippen LogP contribution in [-0.2, 0) is 4.74 Å². The van der Waals surface area contributed by atoms with Gasteiger partial charge in [0.1, 0.15) is 0 Å². The number of thiol groups is 1. The number of ether oxygens (including phenoxy) is 1. The Morgan fingerprint density at radius 1 is 1.36 bits per heavy atom. The highest BCUT2D eigenvalue weighted by atomic mass is 32.1. The molecule has 1 aliphatic rings. The highest BCUT2D eigenvalue weighted by Crippen LogP contribution is 2.18. The molecule has 0 aromatic rings. The van der Waals surface area contributed by atoms with Gasteiger partial charge in [0.15, 0.2) is 0 Å². The molecule has 1 aliphatic heterocycles. The Balaban J connectivity index is 2.11. The van der Waals surface area contributed by atoms with Crippen molar-refractivity contribution in [2.45, 2.75) is 44.8 Å². The van der Waals surface area contributed by atoms with Crippen LogP contribution in [0.3, 0.4) is 0 Å². The third-order valence-electron chi connectivity index (χ3n) is 3.07. The van der Waals surface area contributed by atoms with E-state index in [0.29, 0.717) is 12.1 Å². The first-order chi connectivity index (χ1) is 6.75. The molecule has 1 heterocycles. The van der Waals surface area contributed by atoms with Gasteiger partial charge in [0.05, 0.1) is 6.10 Å². The standard InChI is InChI=1S/C11H23NOS/c1-10-11(6-8-13-10)12(2)7-4-3-5-9-14/h10-11,14H,3-9H2,1-2H3. The van der Waals surface area contributed by atoms with Gasteiger partial charge in [0.25, 0.3) is 0 Å². The van der Waals surface area contributed by atoms with E-state index in [2.05, 4.69) is 31.5 Å². The van der Waals surface area contributed by atoms with Crippen LogP contribution >= 0.6 is 12.6 Å². The van der Waals surface area contributed by atoms with Crippen molar-refractivity contribution in [3.05, 3.63) is 0 Å². The smallest absolute Gasteiger partial charge is 0.0702 e.